The van der Waals surface area contributed by atoms with Crippen LogP contribution in [0.3, 0.4) is 0 Å². The fourth-order valence-corrected chi connectivity index (χ4v) is 3.05. The van der Waals surface area contributed by atoms with Crippen LogP contribution in [0, 0.1) is 5.82 Å². The van der Waals surface area contributed by atoms with Gasteiger partial charge in [-0.05, 0) is 25.0 Å². The first-order chi connectivity index (χ1) is 15.9. The van der Waals surface area contributed by atoms with Crippen molar-refractivity contribution in [1.29, 1.82) is 0 Å². The molecule has 3 rings (SSSR count). The number of carbonyl (C=O) groups excluding carboxylic acids is 2. The average molecular weight is 459 g/mol. The maximum Gasteiger partial charge on any atom is 0.360 e. The molecule has 1 atom stereocenters. The van der Waals surface area contributed by atoms with Crippen LogP contribution in [0.5, 0.6) is 0 Å². The van der Waals surface area contributed by atoms with Gasteiger partial charge < -0.3 is 14.6 Å². The smallest absolute Gasteiger partial charge is 0.360 e. The highest BCUT2D eigenvalue weighted by Crippen LogP contribution is 2.12. The first-order valence-electron chi connectivity index (χ1n) is 10.3. The van der Waals surface area contributed by atoms with Gasteiger partial charge in [-0.15, -0.1) is 5.10 Å². The maximum atomic E-state index is 14.5. The van der Waals surface area contributed by atoms with Gasteiger partial charge in [-0.1, -0.05) is 35.5 Å². The van der Waals surface area contributed by atoms with Gasteiger partial charge in [-0.25, -0.2) is 13.9 Å². The predicted octanol–water partition coefficient (Wildman–Crippen LogP) is 2.37. The number of ether oxygens (including phenoxy) is 1. The Morgan fingerprint density at radius 1 is 1.21 bits per heavy atom. The number of hydrogen-bond donors (Lipinski definition) is 1. The maximum absolute atomic E-state index is 14.5. The Hall–Kier alpha value is -3.89. The Kier molecular flexibility index (Phi) is 8.01. The number of carbonyl (C=O) groups is 2. The van der Waals surface area contributed by atoms with E-state index in [0.29, 0.717) is 0 Å². The van der Waals surface area contributed by atoms with Crippen LogP contribution >= 0.6 is 0 Å². The summed E-state index contributed by atoms with van der Waals surface area (Å²) in [6.07, 6.45) is 1.07. The summed E-state index contributed by atoms with van der Waals surface area (Å²) in [6.45, 7) is 1.54. The van der Waals surface area contributed by atoms with Crippen LogP contribution in [0.25, 0.3) is 0 Å². The standard InChI is InChI=1S/C22H23F2N5O4/c1-2-33-22(32)18-14-29(27-26-18)13-16(23)8-10-28-11-9-17(20(24)21(28)31)25-19(30)12-15-6-4-3-5-7-15/h3-7,9,11,14,16H,2,8,10,12-13H2,1H3,(H,25,30)/t16-/m0/s1. The predicted molar refractivity (Wildman–Crippen MR) is 115 cm³/mol. The lowest BCUT2D eigenvalue weighted by Crippen LogP contribution is -2.27. The molecule has 174 valence electrons. The highest BCUT2D eigenvalue weighted by molar-refractivity contribution is 5.92. The van der Waals surface area contributed by atoms with Gasteiger partial charge in [0.15, 0.2) is 5.69 Å². The van der Waals surface area contributed by atoms with E-state index in [4.69, 9.17) is 4.74 Å². The molecule has 1 amide bonds. The lowest BCUT2D eigenvalue weighted by molar-refractivity contribution is -0.115. The van der Waals surface area contributed by atoms with Crippen molar-refractivity contribution in [2.24, 2.45) is 0 Å². The van der Waals surface area contributed by atoms with E-state index in [0.717, 1.165) is 14.8 Å². The number of rotatable bonds is 10. The molecule has 0 saturated carbocycles. The zero-order valence-electron chi connectivity index (χ0n) is 17.9. The van der Waals surface area contributed by atoms with Gasteiger partial charge in [0, 0.05) is 12.7 Å². The molecule has 0 aliphatic carbocycles. The van der Waals surface area contributed by atoms with Crippen LogP contribution in [-0.4, -0.2) is 44.2 Å². The Morgan fingerprint density at radius 2 is 1.97 bits per heavy atom. The Labute approximate surface area is 188 Å². The van der Waals surface area contributed by atoms with E-state index in [1.165, 1.54) is 18.5 Å². The van der Waals surface area contributed by atoms with Crippen molar-refractivity contribution in [2.45, 2.75) is 39.0 Å². The molecule has 1 aromatic carbocycles. The molecule has 0 bridgehead atoms. The second-order valence-electron chi connectivity index (χ2n) is 7.18. The van der Waals surface area contributed by atoms with Crippen LogP contribution in [0.2, 0.25) is 0 Å². The third-order valence-electron chi connectivity index (χ3n) is 4.68. The number of benzene rings is 1. The number of hydrogen-bond acceptors (Lipinski definition) is 6. The van der Waals surface area contributed by atoms with E-state index in [1.54, 1.807) is 31.2 Å². The molecule has 2 heterocycles. The van der Waals surface area contributed by atoms with Crippen molar-refractivity contribution in [1.82, 2.24) is 19.6 Å². The topological polar surface area (TPSA) is 108 Å². The van der Waals surface area contributed by atoms with Crippen LogP contribution in [-0.2, 0) is 29.0 Å². The zero-order valence-corrected chi connectivity index (χ0v) is 17.9. The second kappa shape index (κ2) is 11.1. The molecule has 1 N–H and O–H groups in total. The molecule has 0 fully saturated rings. The fraction of sp³-hybridized carbons (Fsp3) is 0.318. The van der Waals surface area contributed by atoms with E-state index in [1.807, 2.05) is 6.07 Å². The van der Waals surface area contributed by atoms with E-state index < -0.39 is 29.4 Å². The molecule has 0 aliphatic heterocycles. The van der Waals surface area contributed by atoms with E-state index in [2.05, 4.69) is 15.6 Å². The molecule has 11 heteroatoms. The summed E-state index contributed by atoms with van der Waals surface area (Å²) in [5, 5.41) is 9.68. The number of amides is 1. The van der Waals surface area contributed by atoms with Crippen LogP contribution < -0.4 is 10.9 Å². The van der Waals surface area contributed by atoms with Gasteiger partial charge in [0.05, 0.1) is 31.5 Å². The summed E-state index contributed by atoms with van der Waals surface area (Å²) >= 11 is 0. The molecule has 33 heavy (non-hydrogen) atoms. The monoisotopic (exact) mass is 459 g/mol. The lowest BCUT2D eigenvalue weighted by Gasteiger charge is -2.12. The largest absolute Gasteiger partial charge is 0.461 e. The first kappa shape index (κ1) is 23.8. The molecule has 2 aromatic heterocycles. The SMILES string of the molecule is CCOC(=O)c1cn(C[C@@H](F)CCn2ccc(NC(=O)Cc3ccccc3)c(F)c2=O)nn1. The summed E-state index contributed by atoms with van der Waals surface area (Å²) in [4.78, 5) is 36.0. The van der Waals surface area contributed by atoms with Gasteiger partial charge in [-0.2, -0.15) is 4.39 Å². The van der Waals surface area contributed by atoms with E-state index in [-0.39, 0.29) is 43.9 Å². The quantitative estimate of drug-likeness (QED) is 0.467. The third kappa shape index (κ3) is 6.55. The molecule has 0 saturated heterocycles. The van der Waals surface area contributed by atoms with Crippen molar-refractivity contribution in [3.05, 3.63) is 76.2 Å². The number of nitrogens with zero attached hydrogens (tertiary/aromatic N) is 4. The van der Waals surface area contributed by atoms with Gasteiger partial charge in [-0.3, -0.25) is 9.59 Å². The number of esters is 1. The van der Waals surface area contributed by atoms with Crippen molar-refractivity contribution in [3.8, 4) is 0 Å². The van der Waals surface area contributed by atoms with Crippen LogP contribution in [0.15, 0.2) is 53.6 Å². The summed E-state index contributed by atoms with van der Waals surface area (Å²) in [7, 11) is 0. The number of nitrogens with one attached hydrogen (secondary N) is 1. The highest BCUT2D eigenvalue weighted by atomic mass is 19.1. The summed E-state index contributed by atoms with van der Waals surface area (Å²) in [5.41, 5.74) is -0.486. The Bertz CT molecular complexity index is 1160. The zero-order chi connectivity index (χ0) is 23.8. The second-order valence-corrected chi connectivity index (χ2v) is 7.18. The molecular formula is C22H23F2N5O4. The van der Waals surface area contributed by atoms with Crippen molar-refractivity contribution in [2.75, 3.05) is 11.9 Å². The molecule has 3 aromatic rings. The average Bonchev–Trinajstić information content (AvgIpc) is 3.26. The van der Waals surface area contributed by atoms with Gasteiger partial charge >= 0.3 is 5.97 Å². The molecule has 0 aliphatic rings. The summed E-state index contributed by atoms with van der Waals surface area (Å²) in [6, 6.07) is 10.2. The lowest BCUT2D eigenvalue weighted by atomic mass is 10.1. The summed E-state index contributed by atoms with van der Waals surface area (Å²) < 4.78 is 35.8. The third-order valence-corrected chi connectivity index (χ3v) is 4.68. The molecule has 0 unspecified atom stereocenters. The minimum Gasteiger partial charge on any atom is -0.461 e. The minimum atomic E-state index is -1.43. The van der Waals surface area contributed by atoms with Crippen LogP contribution in [0.1, 0.15) is 29.4 Å². The van der Waals surface area contributed by atoms with Crippen molar-refractivity contribution < 1.29 is 23.1 Å². The van der Waals surface area contributed by atoms with Gasteiger partial charge in [0.1, 0.15) is 6.17 Å². The van der Waals surface area contributed by atoms with Gasteiger partial charge in [0.2, 0.25) is 11.7 Å². The number of halogens is 2. The van der Waals surface area contributed by atoms with Crippen LogP contribution in [0.4, 0.5) is 14.5 Å². The Morgan fingerprint density at radius 3 is 2.70 bits per heavy atom. The first-order valence-corrected chi connectivity index (χ1v) is 10.3. The molecule has 0 radical (unpaired) electrons. The number of aromatic nitrogens is 4. The van der Waals surface area contributed by atoms with E-state index >= 15 is 0 Å². The number of aryl methyl sites for hydroxylation is 1. The van der Waals surface area contributed by atoms with Crippen molar-refractivity contribution in [3.63, 3.8) is 0 Å². The van der Waals surface area contributed by atoms with Gasteiger partial charge in [0.25, 0.3) is 5.56 Å². The fourth-order valence-electron chi connectivity index (χ4n) is 3.05. The molecule has 0 spiro atoms. The number of alkyl halides is 1. The minimum absolute atomic E-state index is 0.0348. The normalized spacial score (nSPS) is 11.7. The molecular weight excluding hydrogens is 436 g/mol. The highest BCUT2D eigenvalue weighted by Gasteiger charge is 2.16. The molecule has 9 nitrogen and oxygen atoms in total. The Balaban J connectivity index is 1.55. The number of anilines is 1. The van der Waals surface area contributed by atoms with Crippen molar-refractivity contribution >= 4 is 17.6 Å². The summed E-state index contributed by atoms with van der Waals surface area (Å²) in [5.74, 6) is -2.24. The number of pyridine rings is 1. The van der Waals surface area contributed by atoms with E-state index in [9.17, 15) is 23.2 Å².